The number of aryl methyl sites for hydroxylation is 1. The predicted octanol–water partition coefficient (Wildman–Crippen LogP) is 4.25. The molecule has 0 atom stereocenters. The molecular weight excluding hydrogens is 262 g/mol. The number of fused-ring (bicyclic) bond motifs is 1. The van der Waals surface area contributed by atoms with Crippen molar-refractivity contribution in [2.75, 3.05) is 13.2 Å². The maximum Gasteiger partial charge on any atom is 0.145 e. The van der Waals surface area contributed by atoms with Crippen LogP contribution in [0.25, 0.3) is 10.9 Å². The van der Waals surface area contributed by atoms with E-state index in [9.17, 15) is 0 Å². The molecule has 0 fully saturated rings. The molecule has 0 aliphatic heterocycles. The van der Waals surface area contributed by atoms with Crippen LogP contribution in [0.1, 0.15) is 26.5 Å². The third-order valence-corrected chi connectivity index (χ3v) is 3.15. The highest BCUT2D eigenvalue weighted by Gasteiger charge is 2.14. The highest BCUT2D eigenvalue weighted by molar-refractivity contribution is 6.36. The Balaban J connectivity index is 2.72. The van der Waals surface area contributed by atoms with Crippen molar-refractivity contribution in [1.82, 2.24) is 4.98 Å². The predicted molar refractivity (Wildman–Crippen MR) is 78.5 cm³/mol. The molecule has 19 heavy (non-hydrogen) atoms. The molecule has 2 aromatic rings. The van der Waals surface area contributed by atoms with Gasteiger partial charge >= 0.3 is 0 Å². The Hall–Kier alpha value is -1.48. The fraction of sp³-hybridized carbons (Fsp3) is 0.400. The van der Waals surface area contributed by atoms with Gasteiger partial charge in [-0.15, -0.1) is 0 Å². The van der Waals surface area contributed by atoms with Crippen LogP contribution in [0.3, 0.4) is 0 Å². The molecule has 3 nitrogen and oxygen atoms in total. The zero-order valence-electron chi connectivity index (χ0n) is 11.5. The molecule has 0 bridgehead atoms. The highest BCUT2D eigenvalue weighted by atomic mass is 35.5. The van der Waals surface area contributed by atoms with Gasteiger partial charge < -0.3 is 9.47 Å². The summed E-state index contributed by atoms with van der Waals surface area (Å²) in [6.07, 6.45) is 0.833. The minimum absolute atomic E-state index is 0.592. The summed E-state index contributed by atoms with van der Waals surface area (Å²) in [6.45, 7) is 7.14. The Bertz CT molecular complexity index is 584. The average Bonchev–Trinajstić information content (AvgIpc) is 2.41. The summed E-state index contributed by atoms with van der Waals surface area (Å²) in [5.74, 6) is 1.50. The maximum atomic E-state index is 6.38. The second-order valence-electron chi connectivity index (χ2n) is 4.10. The van der Waals surface area contributed by atoms with E-state index >= 15 is 0 Å². The molecule has 0 amide bonds. The van der Waals surface area contributed by atoms with Gasteiger partial charge in [0, 0.05) is 5.69 Å². The van der Waals surface area contributed by atoms with Gasteiger partial charge in [-0.25, -0.2) is 4.98 Å². The van der Waals surface area contributed by atoms with Crippen LogP contribution in [0.15, 0.2) is 18.2 Å². The molecular formula is C15H18ClNO2. The Labute approximate surface area is 118 Å². The van der Waals surface area contributed by atoms with Gasteiger partial charge in [-0.2, -0.15) is 0 Å². The maximum absolute atomic E-state index is 6.38. The highest BCUT2D eigenvalue weighted by Crippen LogP contribution is 2.37. The molecule has 0 saturated heterocycles. The molecule has 1 aromatic carbocycles. The van der Waals surface area contributed by atoms with Crippen LogP contribution >= 0.6 is 11.6 Å². The van der Waals surface area contributed by atoms with Crippen molar-refractivity contribution < 1.29 is 9.47 Å². The fourth-order valence-corrected chi connectivity index (χ4v) is 2.33. The van der Waals surface area contributed by atoms with Crippen LogP contribution in [0.5, 0.6) is 11.5 Å². The zero-order valence-corrected chi connectivity index (χ0v) is 12.3. The van der Waals surface area contributed by atoms with Gasteiger partial charge in [-0.3, -0.25) is 0 Å². The number of pyridine rings is 1. The van der Waals surface area contributed by atoms with E-state index in [0.29, 0.717) is 18.2 Å². The molecule has 0 saturated carbocycles. The van der Waals surface area contributed by atoms with E-state index in [1.165, 1.54) is 0 Å². The van der Waals surface area contributed by atoms with E-state index in [-0.39, 0.29) is 0 Å². The zero-order chi connectivity index (χ0) is 13.8. The largest absolute Gasteiger partial charge is 0.493 e. The number of aromatic nitrogens is 1. The molecule has 4 heteroatoms. The first-order valence-corrected chi connectivity index (χ1v) is 6.96. The topological polar surface area (TPSA) is 31.4 Å². The summed E-state index contributed by atoms with van der Waals surface area (Å²) in [5.41, 5.74) is 1.73. The number of halogens is 1. The number of benzene rings is 1. The van der Waals surface area contributed by atoms with Crippen molar-refractivity contribution in [2.45, 2.75) is 27.2 Å². The van der Waals surface area contributed by atoms with Gasteiger partial charge in [0.2, 0.25) is 0 Å². The monoisotopic (exact) mass is 279 g/mol. The summed E-state index contributed by atoms with van der Waals surface area (Å²) in [7, 11) is 0. The van der Waals surface area contributed by atoms with Crippen molar-refractivity contribution in [3.8, 4) is 11.5 Å². The fourth-order valence-electron chi connectivity index (χ4n) is 2.02. The lowest BCUT2D eigenvalue weighted by atomic mass is 10.1. The van der Waals surface area contributed by atoms with E-state index in [4.69, 9.17) is 21.1 Å². The van der Waals surface area contributed by atoms with E-state index in [1.54, 1.807) is 0 Å². The van der Waals surface area contributed by atoms with Crippen LogP contribution in [-0.2, 0) is 6.42 Å². The van der Waals surface area contributed by atoms with Gasteiger partial charge in [0.05, 0.1) is 23.6 Å². The molecule has 0 aliphatic rings. The molecule has 1 heterocycles. The third-order valence-electron chi connectivity index (χ3n) is 2.85. The van der Waals surface area contributed by atoms with Crippen LogP contribution in [0, 0.1) is 0 Å². The van der Waals surface area contributed by atoms with Gasteiger partial charge in [0.25, 0.3) is 0 Å². The number of hydrogen-bond acceptors (Lipinski definition) is 3. The van der Waals surface area contributed by atoms with E-state index in [2.05, 4.69) is 11.9 Å². The number of hydrogen-bond donors (Lipinski definition) is 0. The summed E-state index contributed by atoms with van der Waals surface area (Å²) in [6, 6.07) is 5.66. The van der Waals surface area contributed by atoms with Crippen LogP contribution < -0.4 is 9.47 Å². The second-order valence-corrected chi connectivity index (χ2v) is 4.51. The molecule has 2 rings (SSSR count). The van der Waals surface area contributed by atoms with Gasteiger partial charge in [0.15, 0.2) is 0 Å². The van der Waals surface area contributed by atoms with E-state index in [0.717, 1.165) is 34.5 Å². The first-order valence-electron chi connectivity index (χ1n) is 6.58. The Morgan fingerprint density at radius 3 is 2.32 bits per heavy atom. The van der Waals surface area contributed by atoms with Gasteiger partial charge in [-0.05, 0) is 38.5 Å². The van der Waals surface area contributed by atoms with Crippen LogP contribution in [0.4, 0.5) is 0 Å². The van der Waals surface area contributed by atoms with Crippen molar-refractivity contribution >= 4 is 22.5 Å². The normalized spacial score (nSPS) is 10.7. The summed E-state index contributed by atoms with van der Waals surface area (Å²) >= 11 is 6.38. The summed E-state index contributed by atoms with van der Waals surface area (Å²) < 4.78 is 11.3. The van der Waals surface area contributed by atoms with Crippen molar-refractivity contribution in [3.05, 3.63) is 28.9 Å². The SMILES string of the molecule is CCOc1ccc(OCC)c2c(Cl)cc(CC)nc12. The summed E-state index contributed by atoms with van der Waals surface area (Å²) in [5, 5.41) is 1.48. The van der Waals surface area contributed by atoms with Gasteiger partial charge in [-0.1, -0.05) is 18.5 Å². The number of rotatable bonds is 5. The van der Waals surface area contributed by atoms with Crippen molar-refractivity contribution in [2.24, 2.45) is 0 Å². The molecule has 1 aromatic heterocycles. The average molecular weight is 280 g/mol. The molecule has 0 aliphatic carbocycles. The standard InChI is InChI=1S/C15H18ClNO2/c1-4-10-9-11(16)14-12(18-5-2)7-8-13(19-6-3)15(14)17-10/h7-9H,4-6H2,1-3H3. The quantitative estimate of drug-likeness (QED) is 0.820. The number of nitrogens with zero attached hydrogens (tertiary/aromatic N) is 1. The third kappa shape index (κ3) is 2.76. The Kier molecular flexibility index (Phi) is 4.48. The molecule has 0 unspecified atom stereocenters. The van der Waals surface area contributed by atoms with Gasteiger partial charge in [0.1, 0.15) is 17.0 Å². The minimum atomic E-state index is 0.592. The lowest BCUT2D eigenvalue weighted by Gasteiger charge is -2.13. The smallest absolute Gasteiger partial charge is 0.145 e. The first-order chi connectivity index (χ1) is 9.21. The second kappa shape index (κ2) is 6.11. The molecule has 0 spiro atoms. The van der Waals surface area contributed by atoms with E-state index in [1.807, 2.05) is 32.0 Å². The summed E-state index contributed by atoms with van der Waals surface area (Å²) in [4.78, 5) is 4.63. The molecule has 102 valence electrons. The molecule has 0 N–H and O–H groups in total. The molecule has 0 radical (unpaired) electrons. The number of ether oxygens (including phenoxy) is 2. The minimum Gasteiger partial charge on any atom is -0.493 e. The van der Waals surface area contributed by atoms with E-state index < -0.39 is 0 Å². The van der Waals surface area contributed by atoms with Crippen LogP contribution in [-0.4, -0.2) is 18.2 Å². The lowest BCUT2D eigenvalue weighted by molar-refractivity contribution is 0.336. The lowest BCUT2D eigenvalue weighted by Crippen LogP contribution is -1.99. The van der Waals surface area contributed by atoms with Crippen LogP contribution in [0.2, 0.25) is 5.02 Å². The Morgan fingerprint density at radius 2 is 1.68 bits per heavy atom. The van der Waals surface area contributed by atoms with Crippen molar-refractivity contribution in [3.63, 3.8) is 0 Å². The van der Waals surface area contributed by atoms with Crippen molar-refractivity contribution in [1.29, 1.82) is 0 Å². The Morgan fingerprint density at radius 1 is 1.05 bits per heavy atom. The first kappa shape index (κ1) is 13.9.